The topological polar surface area (TPSA) is 17.1 Å². The van der Waals surface area contributed by atoms with Crippen molar-refractivity contribution < 1.29 is 18.0 Å². The van der Waals surface area contributed by atoms with Crippen LogP contribution in [0.2, 0.25) is 0 Å². The Kier molecular flexibility index (Phi) is 4.80. The van der Waals surface area contributed by atoms with Crippen molar-refractivity contribution in [1.29, 1.82) is 0 Å². The van der Waals surface area contributed by atoms with Crippen molar-refractivity contribution in [2.75, 3.05) is 0 Å². The van der Waals surface area contributed by atoms with Gasteiger partial charge in [-0.2, -0.15) is 13.2 Å². The van der Waals surface area contributed by atoms with Crippen molar-refractivity contribution >= 4 is 5.78 Å². The fourth-order valence-electron chi connectivity index (χ4n) is 3.84. The van der Waals surface area contributed by atoms with E-state index in [0.29, 0.717) is 24.7 Å². The number of Topliss-reactive ketones (excluding diaryl/α,β-unsaturated/α-hetero) is 1. The van der Waals surface area contributed by atoms with Crippen LogP contribution in [0.5, 0.6) is 0 Å². The zero-order chi connectivity index (χ0) is 14.9. The molecule has 0 saturated heterocycles. The predicted molar refractivity (Wildman–Crippen MR) is 72.2 cm³/mol. The molecule has 0 spiro atoms. The highest BCUT2D eigenvalue weighted by Crippen LogP contribution is 2.42. The standard InChI is InChI=1S/C16H25F3O/c1-10-3-4-13(9-11(10)2)15(20)12-5-7-14(8-6-12)16(17,18)19/h10-14H,3-9H2,1-2H3. The van der Waals surface area contributed by atoms with Gasteiger partial charge in [-0.25, -0.2) is 0 Å². The lowest BCUT2D eigenvalue weighted by atomic mass is 9.69. The highest BCUT2D eigenvalue weighted by atomic mass is 19.4. The summed E-state index contributed by atoms with van der Waals surface area (Å²) in [6.45, 7) is 4.41. The van der Waals surface area contributed by atoms with Gasteiger partial charge in [-0.3, -0.25) is 4.79 Å². The summed E-state index contributed by atoms with van der Waals surface area (Å²) in [4.78, 5) is 12.5. The first-order chi connectivity index (χ1) is 9.29. The minimum Gasteiger partial charge on any atom is -0.299 e. The van der Waals surface area contributed by atoms with Gasteiger partial charge in [0.15, 0.2) is 0 Å². The first-order valence-electron chi connectivity index (χ1n) is 7.89. The second kappa shape index (κ2) is 6.07. The number of hydrogen-bond acceptors (Lipinski definition) is 1. The maximum Gasteiger partial charge on any atom is 0.391 e. The molecule has 0 aliphatic heterocycles. The molecule has 0 aromatic rings. The Labute approximate surface area is 119 Å². The van der Waals surface area contributed by atoms with Crippen LogP contribution in [0.15, 0.2) is 0 Å². The fourth-order valence-corrected chi connectivity index (χ4v) is 3.84. The molecule has 0 N–H and O–H groups in total. The summed E-state index contributed by atoms with van der Waals surface area (Å²) in [7, 11) is 0. The second-order valence-corrected chi connectivity index (χ2v) is 6.96. The molecular formula is C16H25F3O. The summed E-state index contributed by atoms with van der Waals surface area (Å²) in [6.07, 6.45) is 0.00503. The molecule has 116 valence electrons. The summed E-state index contributed by atoms with van der Waals surface area (Å²) in [5.41, 5.74) is 0. The van der Waals surface area contributed by atoms with E-state index in [0.717, 1.165) is 19.3 Å². The largest absolute Gasteiger partial charge is 0.391 e. The zero-order valence-corrected chi connectivity index (χ0v) is 12.4. The van der Waals surface area contributed by atoms with Gasteiger partial charge in [-0.15, -0.1) is 0 Å². The molecule has 0 radical (unpaired) electrons. The van der Waals surface area contributed by atoms with Gasteiger partial charge >= 0.3 is 6.18 Å². The Morgan fingerprint density at radius 1 is 0.850 bits per heavy atom. The molecule has 0 amide bonds. The van der Waals surface area contributed by atoms with Crippen molar-refractivity contribution in [1.82, 2.24) is 0 Å². The van der Waals surface area contributed by atoms with Gasteiger partial charge in [0.1, 0.15) is 5.78 Å². The summed E-state index contributed by atoms with van der Waals surface area (Å²) in [6, 6.07) is 0. The van der Waals surface area contributed by atoms with Crippen LogP contribution in [0, 0.1) is 29.6 Å². The van der Waals surface area contributed by atoms with Gasteiger partial charge < -0.3 is 0 Å². The Morgan fingerprint density at radius 3 is 1.90 bits per heavy atom. The van der Waals surface area contributed by atoms with E-state index >= 15 is 0 Å². The summed E-state index contributed by atoms with van der Waals surface area (Å²) >= 11 is 0. The molecule has 1 nitrogen and oxygen atoms in total. The Balaban J connectivity index is 1.86. The van der Waals surface area contributed by atoms with Gasteiger partial charge in [0.2, 0.25) is 0 Å². The molecule has 3 atom stereocenters. The normalized spacial score (nSPS) is 39.5. The molecule has 0 aromatic heterocycles. The third-order valence-electron chi connectivity index (χ3n) is 5.59. The van der Waals surface area contributed by atoms with E-state index in [9.17, 15) is 18.0 Å². The van der Waals surface area contributed by atoms with Gasteiger partial charge in [0.05, 0.1) is 5.92 Å². The maximum absolute atomic E-state index is 12.6. The molecule has 0 aromatic carbocycles. The van der Waals surface area contributed by atoms with Gasteiger partial charge in [-0.1, -0.05) is 13.8 Å². The number of rotatable bonds is 2. The summed E-state index contributed by atoms with van der Waals surface area (Å²) < 4.78 is 37.9. The van der Waals surface area contributed by atoms with E-state index < -0.39 is 12.1 Å². The van der Waals surface area contributed by atoms with Gasteiger partial charge in [0.25, 0.3) is 0 Å². The van der Waals surface area contributed by atoms with Crippen LogP contribution in [0.4, 0.5) is 13.2 Å². The Bertz CT molecular complexity index is 342. The zero-order valence-electron chi connectivity index (χ0n) is 12.4. The Hall–Kier alpha value is -0.540. The van der Waals surface area contributed by atoms with E-state index in [1.807, 2.05) is 0 Å². The minimum atomic E-state index is -4.08. The quantitative estimate of drug-likeness (QED) is 0.699. The SMILES string of the molecule is CC1CCC(C(=O)C2CCC(C(F)(F)F)CC2)CC1C. The minimum absolute atomic E-state index is 0.105. The van der Waals surface area contributed by atoms with Crippen LogP contribution in [-0.4, -0.2) is 12.0 Å². The summed E-state index contributed by atoms with van der Waals surface area (Å²) in [5, 5.41) is 0. The van der Waals surface area contributed by atoms with E-state index in [-0.39, 0.29) is 30.5 Å². The second-order valence-electron chi connectivity index (χ2n) is 6.96. The molecular weight excluding hydrogens is 265 g/mol. The molecule has 0 bridgehead atoms. The average molecular weight is 290 g/mol. The van der Waals surface area contributed by atoms with E-state index in [4.69, 9.17) is 0 Å². The fraction of sp³-hybridized carbons (Fsp3) is 0.938. The molecule has 2 aliphatic rings. The van der Waals surface area contributed by atoms with E-state index in [1.54, 1.807) is 0 Å². The lowest BCUT2D eigenvalue weighted by molar-refractivity contribution is -0.184. The van der Waals surface area contributed by atoms with Crippen molar-refractivity contribution in [3.63, 3.8) is 0 Å². The number of hydrogen-bond donors (Lipinski definition) is 0. The number of carbonyl (C=O) groups is 1. The lowest BCUT2D eigenvalue weighted by Gasteiger charge is -2.35. The first kappa shape index (κ1) is 15.8. The average Bonchev–Trinajstić information content (AvgIpc) is 2.40. The highest BCUT2D eigenvalue weighted by Gasteiger charge is 2.43. The molecule has 3 unspecified atom stereocenters. The number of ketones is 1. The first-order valence-corrected chi connectivity index (χ1v) is 7.89. The van der Waals surface area contributed by atoms with Crippen LogP contribution < -0.4 is 0 Å². The molecule has 4 heteroatoms. The van der Waals surface area contributed by atoms with E-state index in [1.165, 1.54) is 0 Å². The van der Waals surface area contributed by atoms with Crippen LogP contribution in [0.1, 0.15) is 58.8 Å². The summed E-state index contributed by atoms with van der Waals surface area (Å²) in [5.74, 6) is 0.290. The third kappa shape index (κ3) is 3.56. The number of alkyl halides is 3. The van der Waals surface area contributed by atoms with Crippen molar-refractivity contribution in [3.8, 4) is 0 Å². The van der Waals surface area contributed by atoms with Gasteiger partial charge in [-0.05, 0) is 56.8 Å². The lowest BCUT2D eigenvalue weighted by Crippen LogP contribution is -2.35. The molecule has 2 aliphatic carbocycles. The van der Waals surface area contributed by atoms with E-state index in [2.05, 4.69) is 13.8 Å². The molecule has 2 rings (SSSR count). The Morgan fingerprint density at radius 2 is 1.40 bits per heavy atom. The predicted octanol–water partition coefficient (Wildman–Crippen LogP) is 5.00. The number of carbonyl (C=O) groups excluding carboxylic acids is 1. The van der Waals surface area contributed by atoms with Crippen molar-refractivity contribution in [3.05, 3.63) is 0 Å². The molecule has 2 saturated carbocycles. The van der Waals surface area contributed by atoms with Crippen LogP contribution in [0.25, 0.3) is 0 Å². The van der Waals surface area contributed by atoms with Crippen LogP contribution in [0.3, 0.4) is 0 Å². The van der Waals surface area contributed by atoms with Crippen LogP contribution in [-0.2, 0) is 4.79 Å². The monoisotopic (exact) mass is 290 g/mol. The number of halogens is 3. The highest BCUT2D eigenvalue weighted by molar-refractivity contribution is 5.83. The molecule has 2 fully saturated rings. The maximum atomic E-state index is 12.6. The van der Waals surface area contributed by atoms with Gasteiger partial charge in [0, 0.05) is 11.8 Å². The molecule has 20 heavy (non-hydrogen) atoms. The van der Waals surface area contributed by atoms with Crippen LogP contribution >= 0.6 is 0 Å². The van der Waals surface area contributed by atoms with Crippen molar-refractivity contribution in [2.24, 2.45) is 29.6 Å². The molecule has 0 heterocycles. The smallest absolute Gasteiger partial charge is 0.299 e. The van der Waals surface area contributed by atoms with Crippen molar-refractivity contribution in [2.45, 2.75) is 65.0 Å². The third-order valence-corrected chi connectivity index (χ3v) is 5.59.